The summed E-state index contributed by atoms with van der Waals surface area (Å²) in [6, 6.07) is 6.65. The molecule has 0 amide bonds. The molecule has 17 heavy (non-hydrogen) atoms. The number of esters is 1. The summed E-state index contributed by atoms with van der Waals surface area (Å²) in [5, 5.41) is 8.74. The molecule has 1 aromatic carbocycles. The van der Waals surface area contributed by atoms with Crippen molar-refractivity contribution in [3.63, 3.8) is 0 Å². The molecule has 0 aliphatic rings. The number of hydrogen-bond donors (Lipinski definition) is 1. The fraction of sp³-hybridized carbons (Fsp3) is 0.333. The maximum absolute atomic E-state index is 11.2. The fourth-order valence-electron chi connectivity index (χ4n) is 1.48. The van der Waals surface area contributed by atoms with Gasteiger partial charge >= 0.3 is 11.9 Å². The van der Waals surface area contributed by atoms with Gasteiger partial charge in [0.2, 0.25) is 0 Å². The zero-order chi connectivity index (χ0) is 12.8. The lowest BCUT2D eigenvalue weighted by Gasteiger charge is -2.20. The van der Waals surface area contributed by atoms with Crippen LogP contribution in [0.5, 0.6) is 0 Å². The predicted octanol–water partition coefficient (Wildman–Crippen LogP) is 1.38. The van der Waals surface area contributed by atoms with Crippen LogP contribution in [-0.2, 0) is 9.53 Å². The van der Waals surface area contributed by atoms with Crippen molar-refractivity contribution in [2.45, 2.75) is 6.92 Å². The molecule has 5 heteroatoms. The van der Waals surface area contributed by atoms with E-state index in [0.29, 0.717) is 12.1 Å². The van der Waals surface area contributed by atoms with Gasteiger partial charge in [-0.25, -0.2) is 4.79 Å². The number of nitrogens with zero attached hydrogens (tertiary/aromatic N) is 1. The highest BCUT2D eigenvalue weighted by Gasteiger charge is 2.10. The first-order valence-electron chi connectivity index (χ1n) is 5.23. The summed E-state index contributed by atoms with van der Waals surface area (Å²) in [6.45, 7) is 2.40. The molecule has 0 saturated carbocycles. The highest BCUT2D eigenvalue weighted by atomic mass is 16.5. The number of carboxylic acid groups (broad SMARTS) is 1. The minimum Gasteiger partial charge on any atom is -0.480 e. The molecule has 0 unspecified atom stereocenters. The number of aliphatic carboxylic acids is 1. The standard InChI is InChI=1S/C12H15NO4/c1-3-13(8-11(14)15)10-6-4-9(5-7-10)12(16)17-2/h4-7H,3,8H2,1-2H3,(H,14,15). The van der Waals surface area contributed by atoms with Crippen LogP contribution in [0.25, 0.3) is 0 Å². The van der Waals surface area contributed by atoms with Gasteiger partial charge in [0, 0.05) is 12.2 Å². The zero-order valence-electron chi connectivity index (χ0n) is 9.84. The highest BCUT2D eigenvalue weighted by molar-refractivity contribution is 5.89. The number of rotatable bonds is 5. The second-order valence-electron chi connectivity index (χ2n) is 3.45. The van der Waals surface area contributed by atoms with Crippen LogP contribution in [-0.4, -0.2) is 37.2 Å². The summed E-state index contributed by atoms with van der Waals surface area (Å²) in [4.78, 5) is 23.6. The number of carboxylic acids is 1. The Kier molecular flexibility index (Phi) is 4.51. The molecule has 0 aromatic heterocycles. The van der Waals surface area contributed by atoms with E-state index in [1.807, 2.05) is 6.92 Å². The van der Waals surface area contributed by atoms with E-state index in [9.17, 15) is 9.59 Å². The van der Waals surface area contributed by atoms with Crippen molar-refractivity contribution in [3.05, 3.63) is 29.8 Å². The summed E-state index contributed by atoms with van der Waals surface area (Å²) >= 11 is 0. The van der Waals surface area contributed by atoms with Crippen LogP contribution in [0.1, 0.15) is 17.3 Å². The molecular formula is C12H15NO4. The second kappa shape index (κ2) is 5.89. The van der Waals surface area contributed by atoms with Crippen LogP contribution in [0.3, 0.4) is 0 Å². The molecule has 0 atom stereocenters. The van der Waals surface area contributed by atoms with E-state index < -0.39 is 11.9 Å². The van der Waals surface area contributed by atoms with Gasteiger partial charge in [-0.3, -0.25) is 4.79 Å². The molecule has 0 radical (unpaired) electrons. The van der Waals surface area contributed by atoms with E-state index in [1.165, 1.54) is 7.11 Å². The number of anilines is 1. The minimum atomic E-state index is -0.885. The molecule has 1 N–H and O–H groups in total. The molecule has 0 bridgehead atoms. The third-order valence-corrected chi connectivity index (χ3v) is 2.36. The SMILES string of the molecule is CCN(CC(=O)O)c1ccc(C(=O)OC)cc1. The number of benzene rings is 1. The Bertz CT molecular complexity index is 399. The van der Waals surface area contributed by atoms with Crippen LogP contribution < -0.4 is 4.90 Å². The molecule has 0 heterocycles. The highest BCUT2D eigenvalue weighted by Crippen LogP contribution is 2.15. The lowest BCUT2D eigenvalue weighted by molar-refractivity contribution is -0.135. The Morgan fingerprint density at radius 2 is 1.88 bits per heavy atom. The van der Waals surface area contributed by atoms with Crippen LogP contribution in [0.15, 0.2) is 24.3 Å². The monoisotopic (exact) mass is 237 g/mol. The molecule has 0 spiro atoms. The summed E-state index contributed by atoms with van der Waals surface area (Å²) in [7, 11) is 1.32. The van der Waals surface area contributed by atoms with E-state index in [2.05, 4.69) is 4.74 Å². The molecule has 1 rings (SSSR count). The number of methoxy groups -OCH3 is 1. The van der Waals surface area contributed by atoms with E-state index >= 15 is 0 Å². The van der Waals surface area contributed by atoms with Crippen molar-refractivity contribution < 1.29 is 19.4 Å². The first kappa shape index (κ1) is 13.0. The van der Waals surface area contributed by atoms with E-state index in [4.69, 9.17) is 5.11 Å². The van der Waals surface area contributed by atoms with Gasteiger partial charge in [0.25, 0.3) is 0 Å². The average molecular weight is 237 g/mol. The molecule has 0 aliphatic heterocycles. The third-order valence-electron chi connectivity index (χ3n) is 2.36. The van der Waals surface area contributed by atoms with Gasteiger partial charge < -0.3 is 14.7 Å². The van der Waals surface area contributed by atoms with Crippen molar-refractivity contribution in [2.75, 3.05) is 25.1 Å². The van der Waals surface area contributed by atoms with Gasteiger partial charge in [-0.15, -0.1) is 0 Å². The number of hydrogen-bond acceptors (Lipinski definition) is 4. The van der Waals surface area contributed by atoms with Crippen LogP contribution in [0.4, 0.5) is 5.69 Å². The Balaban J connectivity index is 2.84. The number of carbonyl (C=O) groups excluding carboxylic acids is 1. The van der Waals surface area contributed by atoms with Gasteiger partial charge in [0.1, 0.15) is 6.54 Å². The first-order chi connectivity index (χ1) is 8.08. The Morgan fingerprint density at radius 3 is 2.29 bits per heavy atom. The van der Waals surface area contributed by atoms with Crippen molar-refractivity contribution in [1.29, 1.82) is 0 Å². The molecule has 0 saturated heterocycles. The first-order valence-corrected chi connectivity index (χ1v) is 5.23. The lowest BCUT2D eigenvalue weighted by atomic mass is 10.2. The molecular weight excluding hydrogens is 222 g/mol. The fourth-order valence-corrected chi connectivity index (χ4v) is 1.48. The van der Waals surface area contributed by atoms with E-state index in [0.717, 1.165) is 5.69 Å². The summed E-state index contributed by atoms with van der Waals surface area (Å²) in [5.41, 5.74) is 1.21. The van der Waals surface area contributed by atoms with Crippen molar-refractivity contribution in [3.8, 4) is 0 Å². The Hall–Kier alpha value is -2.04. The summed E-state index contributed by atoms with van der Waals surface area (Å²) < 4.78 is 4.58. The number of ether oxygens (including phenoxy) is 1. The van der Waals surface area contributed by atoms with Crippen molar-refractivity contribution in [1.82, 2.24) is 0 Å². The maximum atomic E-state index is 11.2. The molecule has 5 nitrogen and oxygen atoms in total. The van der Waals surface area contributed by atoms with Gasteiger partial charge in [-0.2, -0.15) is 0 Å². The molecule has 0 fully saturated rings. The van der Waals surface area contributed by atoms with Gasteiger partial charge in [0.05, 0.1) is 12.7 Å². The van der Waals surface area contributed by atoms with Crippen molar-refractivity contribution in [2.24, 2.45) is 0 Å². The van der Waals surface area contributed by atoms with Crippen LogP contribution >= 0.6 is 0 Å². The van der Waals surface area contributed by atoms with Crippen molar-refractivity contribution >= 4 is 17.6 Å². The average Bonchev–Trinajstić information content (AvgIpc) is 2.35. The van der Waals surface area contributed by atoms with Gasteiger partial charge in [-0.05, 0) is 31.2 Å². The molecule has 92 valence electrons. The Morgan fingerprint density at radius 1 is 1.29 bits per heavy atom. The number of carbonyl (C=O) groups is 2. The summed E-state index contributed by atoms with van der Waals surface area (Å²) in [6.07, 6.45) is 0. The summed E-state index contributed by atoms with van der Waals surface area (Å²) in [5.74, 6) is -1.29. The largest absolute Gasteiger partial charge is 0.480 e. The minimum absolute atomic E-state index is 0.0614. The van der Waals surface area contributed by atoms with Crippen LogP contribution in [0.2, 0.25) is 0 Å². The lowest BCUT2D eigenvalue weighted by Crippen LogP contribution is -2.29. The third kappa shape index (κ3) is 3.48. The van der Waals surface area contributed by atoms with E-state index in [1.54, 1.807) is 29.2 Å². The van der Waals surface area contributed by atoms with Gasteiger partial charge in [0.15, 0.2) is 0 Å². The van der Waals surface area contributed by atoms with Crippen LogP contribution in [0, 0.1) is 0 Å². The quantitative estimate of drug-likeness (QED) is 0.784. The second-order valence-corrected chi connectivity index (χ2v) is 3.45. The normalized spacial score (nSPS) is 9.76. The smallest absolute Gasteiger partial charge is 0.337 e. The Labute approximate surface area is 99.6 Å². The maximum Gasteiger partial charge on any atom is 0.337 e. The topological polar surface area (TPSA) is 66.8 Å². The van der Waals surface area contributed by atoms with Gasteiger partial charge in [-0.1, -0.05) is 0 Å². The molecule has 0 aliphatic carbocycles. The number of likely N-dealkylation sites (N-methyl/N-ethyl adjacent to an activating group) is 1. The van der Waals surface area contributed by atoms with E-state index in [-0.39, 0.29) is 6.54 Å². The molecule has 1 aromatic rings. The predicted molar refractivity (Wildman–Crippen MR) is 63.3 cm³/mol. The zero-order valence-corrected chi connectivity index (χ0v) is 9.84.